The molecule has 2 nitrogen and oxygen atoms in total. The lowest BCUT2D eigenvalue weighted by Crippen LogP contribution is -2.30. The third kappa shape index (κ3) is 6.91. The molecule has 1 N–H and O–H groups in total. The predicted octanol–water partition coefficient (Wildman–Crippen LogP) is 2.97. The quantitative estimate of drug-likeness (QED) is 0.563. The Balaban J connectivity index is 1.99. The van der Waals surface area contributed by atoms with Crippen LogP contribution in [0.15, 0.2) is 0 Å². The van der Waals surface area contributed by atoms with Crippen LogP contribution >= 0.6 is 0 Å². The molecule has 1 atom stereocenters. The van der Waals surface area contributed by atoms with E-state index in [1.165, 1.54) is 38.5 Å². The van der Waals surface area contributed by atoms with Crippen LogP contribution in [0.4, 0.5) is 0 Å². The first-order valence-electron chi connectivity index (χ1n) is 6.69. The molecule has 0 aromatic heterocycles. The zero-order chi connectivity index (χ0) is 10.9. The van der Waals surface area contributed by atoms with E-state index in [-0.39, 0.29) is 0 Å². The van der Waals surface area contributed by atoms with Crippen molar-refractivity contribution < 1.29 is 4.74 Å². The minimum Gasteiger partial charge on any atom is -0.377 e. The van der Waals surface area contributed by atoms with E-state index in [2.05, 4.69) is 19.2 Å². The summed E-state index contributed by atoms with van der Waals surface area (Å²) in [6.45, 7) is 7.56. The largest absolute Gasteiger partial charge is 0.377 e. The molecule has 0 spiro atoms. The van der Waals surface area contributed by atoms with Gasteiger partial charge < -0.3 is 10.1 Å². The van der Waals surface area contributed by atoms with Crippen molar-refractivity contribution in [3.63, 3.8) is 0 Å². The molecule has 15 heavy (non-hydrogen) atoms. The normalized spacial score (nSPS) is 18.0. The standard InChI is InChI=1S/C13H27NO/c1-3-5-13(11-14-9-4-2)15-10-8-12-6-7-12/h12-14H,3-11H2,1-2H3. The summed E-state index contributed by atoms with van der Waals surface area (Å²) in [6.07, 6.45) is 8.24. The molecule has 1 rings (SSSR count). The average Bonchev–Trinajstić information content (AvgIpc) is 3.02. The number of nitrogens with one attached hydrogen (secondary N) is 1. The molecular weight excluding hydrogens is 186 g/mol. The first-order chi connectivity index (χ1) is 7.36. The molecule has 0 radical (unpaired) electrons. The SMILES string of the molecule is CCCNCC(CCC)OCCC1CC1. The Kier molecular flexibility index (Phi) is 7.03. The first kappa shape index (κ1) is 13.0. The second-order valence-electron chi connectivity index (χ2n) is 4.72. The van der Waals surface area contributed by atoms with Gasteiger partial charge in [-0.05, 0) is 31.7 Å². The lowest BCUT2D eigenvalue weighted by molar-refractivity contribution is 0.0435. The zero-order valence-electron chi connectivity index (χ0n) is 10.4. The topological polar surface area (TPSA) is 21.3 Å². The Labute approximate surface area is 94.8 Å². The Morgan fingerprint density at radius 2 is 2.07 bits per heavy atom. The van der Waals surface area contributed by atoms with Crippen molar-refractivity contribution in [2.24, 2.45) is 5.92 Å². The summed E-state index contributed by atoms with van der Waals surface area (Å²) in [4.78, 5) is 0. The Hall–Kier alpha value is -0.0800. The van der Waals surface area contributed by atoms with E-state index < -0.39 is 0 Å². The van der Waals surface area contributed by atoms with Crippen LogP contribution < -0.4 is 5.32 Å². The highest BCUT2D eigenvalue weighted by Crippen LogP contribution is 2.32. The smallest absolute Gasteiger partial charge is 0.0699 e. The van der Waals surface area contributed by atoms with Crippen molar-refractivity contribution in [1.82, 2.24) is 5.32 Å². The summed E-state index contributed by atoms with van der Waals surface area (Å²) in [5.74, 6) is 0.996. The molecular formula is C13H27NO. The number of rotatable bonds is 10. The van der Waals surface area contributed by atoms with Gasteiger partial charge in [-0.1, -0.05) is 33.1 Å². The fourth-order valence-corrected chi connectivity index (χ4v) is 1.81. The van der Waals surface area contributed by atoms with Crippen molar-refractivity contribution >= 4 is 0 Å². The molecule has 0 aromatic carbocycles. The number of ether oxygens (including phenoxy) is 1. The van der Waals surface area contributed by atoms with Crippen LogP contribution in [-0.2, 0) is 4.74 Å². The molecule has 0 saturated heterocycles. The Bertz CT molecular complexity index is 145. The van der Waals surface area contributed by atoms with Gasteiger partial charge in [0.15, 0.2) is 0 Å². The van der Waals surface area contributed by atoms with E-state index in [0.29, 0.717) is 6.10 Å². The second kappa shape index (κ2) is 8.12. The van der Waals surface area contributed by atoms with Crippen molar-refractivity contribution in [1.29, 1.82) is 0 Å². The van der Waals surface area contributed by atoms with E-state index in [1.54, 1.807) is 0 Å². The summed E-state index contributed by atoms with van der Waals surface area (Å²) >= 11 is 0. The van der Waals surface area contributed by atoms with Gasteiger partial charge in [-0.2, -0.15) is 0 Å². The molecule has 0 aliphatic heterocycles. The van der Waals surface area contributed by atoms with Crippen molar-refractivity contribution in [2.45, 2.75) is 58.5 Å². The Morgan fingerprint density at radius 3 is 2.67 bits per heavy atom. The van der Waals surface area contributed by atoms with Gasteiger partial charge in [0.1, 0.15) is 0 Å². The van der Waals surface area contributed by atoms with Gasteiger partial charge in [0.25, 0.3) is 0 Å². The van der Waals surface area contributed by atoms with Gasteiger partial charge in [-0.25, -0.2) is 0 Å². The maximum absolute atomic E-state index is 5.92. The fourth-order valence-electron chi connectivity index (χ4n) is 1.81. The minimum absolute atomic E-state index is 0.445. The lowest BCUT2D eigenvalue weighted by atomic mass is 10.2. The molecule has 1 aliphatic carbocycles. The van der Waals surface area contributed by atoms with Crippen LogP contribution in [0.1, 0.15) is 52.4 Å². The molecule has 2 heteroatoms. The molecule has 1 aliphatic rings. The van der Waals surface area contributed by atoms with Gasteiger partial charge in [0, 0.05) is 13.2 Å². The van der Waals surface area contributed by atoms with Crippen LogP contribution in [-0.4, -0.2) is 25.8 Å². The first-order valence-corrected chi connectivity index (χ1v) is 6.69. The van der Waals surface area contributed by atoms with Gasteiger partial charge in [-0.15, -0.1) is 0 Å². The molecule has 0 amide bonds. The van der Waals surface area contributed by atoms with Crippen molar-refractivity contribution in [3.05, 3.63) is 0 Å². The molecule has 0 bridgehead atoms. The van der Waals surface area contributed by atoms with Gasteiger partial charge in [-0.3, -0.25) is 0 Å². The van der Waals surface area contributed by atoms with Crippen LogP contribution in [0.25, 0.3) is 0 Å². The zero-order valence-corrected chi connectivity index (χ0v) is 10.4. The van der Waals surface area contributed by atoms with Gasteiger partial charge >= 0.3 is 0 Å². The maximum Gasteiger partial charge on any atom is 0.0699 e. The summed E-state index contributed by atoms with van der Waals surface area (Å²) in [6, 6.07) is 0. The predicted molar refractivity (Wildman–Crippen MR) is 65.1 cm³/mol. The lowest BCUT2D eigenvalue weighted by Gasteiger charge is -2.17. The average molecular weight is 213 g/mol. The molecule has 0 heterocycles. The van der Waals surface area contributed by atoms with E-state index in [1.807, 2.05) is 0 Å². The maximum atomic E-state index is 5.92. The summed E-state index contributed by atoms with van der Waals surface area (Å²) < 4.78 is 5.92. The van der Waals surface area contributed by atoms with E-state index >= 15 is 0 Å². The summed E-state index contributed by atoms with van der Waals surface area (Å²) in [5, 5.41) is 3.45. The molecule has 1 fully saturated rings. The highest BCUT2D eigenvalue weighted by molar-refractivity contribution is 4.73. The van der Waals surface area contributed by atoms with E-state index in [4.69, 9.17) is 4.74 Å². The monoisotopic (exact) mass is 213 g/mol. The molecule has 90 valence electrons. The summed E-state index contributed by atoms with van der Waals surface area (Å²) in [5.41, 5.74) is 0. The summed E-state index contributed by atoms with van der Waals surface area (Å²) in [7, 11) is 0. The molecule has 1 unspecified atom stereocenters. The molecule has 0 aromatic rings. The van der Waals surface area contributed by atoms with Crippen molar-refractivity contribution in [3.8, 4) is 0 Å². The second-order valence-corrected chi connectivity index (χ2v) is 4.72. The third-order valence-electron chi connectivity index (χ3n) is 2.99. The van der Waals surface area contributed by atoms with Crippen LogP contribution in [0.3, 0.4) is 0 Å². The van der Waals surface area contributed by atoms with Crippen LogP contribution in [0.2, 0.25) is 0 Å². The van der Waals surface area contributed by atoms with E-state index in [9.17, 15) is 0 Å². The number of hydrogen-bond donors (Lipinski definition) is 1. The van der Waals surface area contributed by atoms with Crippen molar-refractivity contribution in [2.75, 3.05) is 19.7 Å². The fraction of sp³-hybridized carbons (Fsp3) is 1.00. The number of hydrogen-bond acceptors (Lipinski definition) is 2. The van der Waals surface area contributed by atoms with Crippen LogP contribution in [0, 0.1) is 5.92 Å². The van der Waals surface area contributed by atoms with Crippen LogP contribution in [0.5, 0.6) is 0 Å². The van der Waals surface area contributed by atoms with E-state index in [0.717, 1.165) is 25.6 Å². The van der Waals surface area contributed by atoms with Gasteiger partial charge in [0.05, 0.1) is 6.10 Å². The highest BCUT2D eigenvalue weighted by atomic mass is 16.5. The Morgan fingerprint density at radius 1 is 1.27 bits per heavy atom. The third-order valence-corrected chi connectivity index (χ3v) is 2.99. The highest BCUT2D eigenvalue weighted by Gasteiger charge is 2.21. The molecule has 1 saturated carbocycles. The minimum atomic E-state index is 0.445. The van der Waals surface area contributed by atoms with Gasteiger partial charge in [0.2, 0.25) is 0 Å².